The van der Waals surface area contributed by atoms with Crippen molar-refractivity contribution in [3.05, 3.63) is 78.5 Å². The fraction of sp³-hybridized carbons (Fsp3) is 0.344. The number of aliphatic imine (C=N–C) groups is 1. The monoisotopic (exact) mass is 692 g/mol. The molecule has 0 bridgehead atoms. The van der Waals surface area contributed by atoms with Crippen LogP contribution in [0.5, 0.6) is 0 Å². The van der Waals surface area contributed by atoms with Crippen molar-refractivity contribution in [1.29, 1.82) is 0 Å². The molecule has 240 valence electrons. The molecule has 0 aliphatic heterocycles. The molecule has 0 spiro atoms. The van der Waals surface area contributed by atoms with Crippen LogP contribution in [-0.4, -0.2) is 50.0 Å². The minimum absolute atomic E-state index is 0.0194. The Kier molecular flexibility index (Phi) is 13.5. The summed E-state index contributed by atoms with van der Waals surface area (Å²) in [6.07, 6.45) is 3.04. The Bertz CT molecular complexity index is 1520. The number of carbonyl (C=O) groups excluding carboxylic acids is 3. The molecule has 1 amide bonds. The van der Waals surface area contributed by atoms with Crippen molar-refractivity contribution < 1.29 is 23.9 Å². The van der Waals surface area contributed by atoms with Crippen LogP contribution >= 0.6 is 46.6 Å². The fourth-order valence-corrected chi connectivity index (χ4v) is 4.97. The summed E-state index contributed by atoms with van der Waals surface area (Å²) in [4.78, 5) is 46.6. The van der Waals surface area contributed by atoms with Gasteiger partial charge in [0.05, 0.1) is 30.1 Å². The zero-order chi connectivity index (χ0) is 33.0. The standard InChI is InChI=1S/C32H35Cl3N4O5S/c1-21(2)44-27(42)19-31(3,4)18-26(41)43-20-45-30(37-24-14-8-12-23-13-9-17-36-28(23)24)39-29(32(33,34)35)38-25(40)16-15-22-10-6-5-7-11-22/h5-17,21,29H,18-20H2,1-4H3,(H,37,39)(H,38,40)/b16-15+. The number of thioether (sulfide) groups is 1. The van der Waals surface area contributed by atoms with Gasteiger partial charge in [0.1, 0.15) is 5.94 Å². The van der Waals surface area contributed by atoms with Gasteiger partial charge in [0, 0.05) is 17.7 Å². The molecule has 13 heteroatoms. The summed E-state index contributed by atoms with van der Waals surface area (Å²) in [6, 6.07) is 18.5. The molecule has 2 aromatic carbocycles. The van der Waals surface area contributed by atoms with E-state index >= 15 is 0 Å². The van der Waals surface area contributed by atoms with E-state index < -0.39 is 33.2 Å². The lowest BCUT2D eigenvalue weighted by Crippen LogP contribution is -2.42. The van der Waals surface area contributed by atoms with Gasteiger partial charge >= 0.3 is 11.9 Å². The van der Waals surface area contributed by atoms with Crippen LogP contribution in [-0.2, 0) is 23.9 Å². The number of amides is 1. The van der Waals surface area contributed by atoms with Crippen molar-refractivity contribution in [3.8, 4) is 0 Å². The number of hydrogen-bond donors (Lipinski definition) is 2. The molecule has 45 heavy (non-hydrogen) atoms. The molecule has 1 unspecified atom stereocenters. The molecule has 3 rings (SSSR count). The van der Waals surface area contributed by atoms with E-state index in [1.165, 1.54) is 6.08 Å². The summed E-state index contributed by atoms with van der Waals surface area (Å²) in [5.74, 6) is -1.62. The molecule has 0 fully saturated rings. The molecule has 9 nitrogen and oxygen atoms in total. The Labute approximate surface area is 282 Å². The van der Waals surface area contributed by atoms with Gasteiger partial charge in [-0.1, -0.05) is 97.2 Å². The zero-order valence-corrected chi connectivity index (χ0v) is 28.3. The maximum absolute atomic E-state index is 12.8. The number of pyridine rings is 1. The predicted molar refractivity (Wildman–Crippen MR) is 183 cm³/mol. The third-order valence-corrected chi connectivity index (χ3v) is 7.30. The van der Waals surface area contributed by atoms with Gasteiger partial charge in [-0.2, -0.15) is 0 Å². The van der Waals surface area contributed by atoms with E-state index in [4.69, 9.17) is 44.3 Å². The molecule has 0 saturated carbocycles. The minimum atomic E-state index is -2.04. The van der Waals surface area contributed by atoms with Crippen LogP contribution in [0.25, 0.3) is 17.0 Å². The number of benzene rings is 2. The van der Waals surface area contributed by atoms with Crippen molar-refractivity contribution in [3.63, 3.8) is 0 Å². The molecule has 1 heterocycles. The first-order valence-electron chi connectivity index (χ1n) is 14.0. The number of nitrogens with zero attached hydrogens (tertiary/aromatic N) is 2. The van der Waals surface area contributed by atoms with Crippen molar-refractivity contribution in [2.75, 3.05) is 11.3 Å². The highest BCUT2D eigenvalue weighted by Crippen LogP contribution is 2.32. The van der Waals surface area contributed by atoms with Crippen LogP contribution in [0.15, 0.2) is 77.9 Å². The minimum Gasteiger partial charge on any atom is -0.463 e. The van der Waals surface area contributed by atoms with Gasteiger partial charge in [-0.15, -0.1) is 0 Å². The van der Waals surface area contributed by atoms with Crippen LogP contribution in [0.1, 0.15) is 46.1 Å². The maximum atomic E-state index is 12.8. The van der Waals surface area contributed by atoms with Crippen LogP contribution in [0.3, 0.4) is 0 Å². The third-order valence-electron chi connectivity index (χ3n) is 5.96. The van der Waals surface area contributed by atoms with Crippen LogP contribution < -0.4 is 10.6 Å². The second-order valence-electron chi connectivity index (χ2n) is 11.0. The molecule has 1 aromatic heterocycles. The second-order valence-corrected chi connectivity index (χ2v) is 14.3. The van der Waals surface area contributed by atoms with Gasteiger partial charge in [0.15, 0.2) is 11.3 Å². The lowest BCUT2D eigenvalue weighted by Gasteiger charge is -2.24. The summed E-state index contributed by atoms with van der Waals surface area (Å²) in [6.45, 7) is 7.09. The predicted octanol–water partition coefficient (Wildman–Crippen LogP) is 7.52. The molecule has 0 aliphatic carbocycles. The lowest BCUT2D eigenvalue weighted by molar-refractivity contribution is -0.151. The highest BCUT2D eigenvalue weighted by molar-refractivity contribution is 8.14. The molecule has 3 aromatic rings. The highest BCUT2D eigenvalue weighted by Gasteiger charge is 2.34. The largest absolute Gasteiger partial charge is 0.463 e. The summed E-state index contributed by atoms with van der Waals surface area (Å²) in [5, 5.41) is 6.84. The average Bonchev–Trinajstić information content (AvgIpc) is 2.94. The molecule has 0 radical (unpaired) electrons. The Morgan fingerprint density at radius 3 is 2.36 bits per heavy atom. The van der Waals surface area contributed by atoms with E-state index in [0.29, 0.717) is 11.2 Å². The Morgan fingerprint density at radius 1 is 0.978 bits per heavy atom. The third kappa shape index (κ3) is 12.9. The number of rotatable bonds is 12. The van der Waals surface area contributed by atoms with Crippen molar-refractivity contribution in [2.24, 2.45) is 10.4 Å². The van der Waals surface area contributed by atoms with Gasteiger partial charge in [-0.05, 0) is 54.8 Å². The first kappa shape index (κ1) is 36.2. The fourth-order valence-electron chi connectivity index (χ4n) is 4.00. The molecular formula is C32H35Cl3N4O5S. The van der Waals surface area contributed by atoms with Crippen LogP contribution in [0.4, 0.5) is 5.69 Å². The van der Waals surface area contributed by atoms with Crippen LogP contribution in [0, 0.1) is 5.41 Å². The number of aromatic nitrogens is 1. The number of nitrogens with one attached hydrogen (secondary N) is 2. The molecule has 0 saturated heterocycles. The number of alkyl halides is 3. The van der Waals surface area contributed by atoms with Crippen molar-refractivity contribution in [2.45, 2.75) is 56.6 Å². The normalized spacial score (nSPS) is 13.1. The smallest absolute Gasteiger partial charge is 0.307 e. The van der Waals surface area contributed by atoms with E-state index in [2.05, 4.69) is 20.6 Å². The molecule has 0 aliphatic rings. The van der Waals surface area contributed by atoms with E-state index in [-0.39, 0.29) is 30.1 Å². The number of para-hydroxylation sites is 1. The average molecular weight is 694 g/mol. The van der Waals surface area contributed by atoms with Gasteiger partial charge < -0.3 is 20.1 Å². The Morgan fingerprint density at radius 2 is 1.67 bits per heavy atom. The number of fused-ring (bicyclic) bond motifs is 1. The maximum Gasteiger partial charge on any atom is 0.307 e. The highest BCUT2D eigenvalue weighted by atomic mass is 35.6. The molecule has 1 atom stereocenters. The van der Waals surface area contributed by atoms with E-state index in [9.17, 15) is 14.4 Å². The second kappa shape index (κ2) is 16.8. The summed E-state index contributed by atoms with van der Waals surface area (Å²) in [7, 11) is 0. The summed E-state index contributed by atoms with van der Waals surface area (Å²) < 4.78 is 8.64. The van der Waals surface area contributed by atoms with Crippen LogP contribution in [0.2, 0.25) is 0 Å². The lowest BCUT2D eigenvalue weighted by atomic mass is 9.86. The SMILES string of the molecule is CC(C)OC(=O)CC(C)(C)CC(=O)OCSC(=NC(NC(=O)/C=C/c1ccccc1)C(Cl)(Cl)Cl)Nc1cccc2cccnc12. The summed E-state index contributed by atoms with van der Waals surface area (Å²) >= 11 is 19.7. The summed E-state index contributed by atoms with van der Waals surface area (Å²) in [5.41, 5.74) is 1.37. The topological polar surface area (TPSA) is 119 Å². The van der Waals surface area contributed by atoms with Gasteiger partial charge in [0.2, 0.25) is 9.70 Å². The van der Waals surface area contributed by atoms with E-state index in [1.54, 1.807) is 46.0 Å². The number of halogens is 3. The van der Waals surface area contributed by atoms with E-state index in [1.807, 2.05) is 54.6 Å². The molecule has 2 N–H and O–H groups in total. The molecular weight excluding hydrogens is 659 g/mol. The van der Waals surface area contributed by atoms with Crippen molar-refractivity contribution in [1.82, 2.24) is 10.3 Å². The van der Waals surface area contributed by atoms with Crippen molar-refractivity contribution >= 4 is 92.2 Å². The Hall–Kier alpha value is -3.31. The number of amidine groups is 1. The van der Waals surface area contributed by atoms with E-state index in [0.717, 1.165) is 22.7 Å². The number of hydrogen-bond acceptors (Lipinski definition) is 8. The number of anilines is 1. The number of ether oxygens (including phenoxy) is 2. The van der Waals surface area contributed by atoms with Gasteiger partial charge in [0.25, 0.3) is 0 Å². The quantitative estimate of drug-likeness (QED) is 0.0500. The zero-order valence-electron chi connectivity index (χ0n) is 25.3. The first-order chi connectivity index (χ1) is 21.2. The number of carbonyl (C=O) groups is 3. The first-order valence-corrected chi connectivity index (χ1v) is 16.1. The van der Waals surface area contributed by atoms with Gasteiger partial charge in [-0.25, -0.2) is 4.99 Å². The Balaban J connectivity index is 1.79. The van der Waals surface area contributed by atoms with Gasteiger partial charge in [-0.3, -0.25) is 19.4 Å². The number of esters is 2.